The first-order chi connectivity index (χ1) is 8.26. The summed E-state index contributed by atoms with van der Waals surface area (Å²) in [6, 6.07) is 6.94. The largest absolute Gasteiger partial charge is 0.292 e. The quantitative estimate of drug-likeness (QED) is 0.663. The number of terminal acetylenes is 1. The smallest absolute Gasteiger partial charge is 0.0599 e. The zero-order valence-electron chi connectivity index (χ0n) is 10.4. The molecule has 0 amide bonds. The van der Waals surface area contributed by atoms with Crippen LogP contribution >= 0.6 is 0 Å². The summed E-state index contributed by atoms with van der Waals surface area (Å²) in [5, 5.41) is 0. The minimum Gasteiger partial charge on any atom is -0.292 e. The molecule has 3 rings (SSSR count). The molecule has 88 valence electrons. The van der Waals surface area contributed by atoms with Crippen molar-refractivity contribution < 1.29 is 0 Å². The molecular weight excluding hydrogens is 206 g/mol. The Morgan fingerprint density at radius 3 is 2.65 bits per heavy atom. The number of rotatable bonds is 1. The summed E-state index contributed by atoms with van der Waals surface area (Å²) in [6.07, 6.45) is 7.91. The Balaban J connectivity index is 1.81. The molecular formula is C16H19N. The summed E-state index contributed by atoms with van der Waals surface area (Å²) in [4.78, 5) is 2.44. The molecule has 1 saturated heterocycles. The number of aryl methyl sites for hydroxylation is 1. The van der Waals surface area contributed by atoms with Gasteiger partial charge in [-0.05, 0) is 42.7 Å². The third-order valence-corrected chi connectivity index (χ3v) is 4.29. The maximum Gasteiger partial charge on any atom is 0.0599 e. The molecule has 0 bridgehead atoms. The molecule has 1 heteroatoms. The average molecular weight is 225 g/mol. The first-order valence-corrected chi connectivity index (χ1v) is 6.50. The number of hydrogen-bond donors (Lipinski definition) is 0. The summed E-state index contributed by atoms with van der Waals surface area (Å²) in [5.41, 5.74) is 4.54. The van der Waals surface area contributed by atoms with Crippen LogP contribution in [0, 0.1) is 31.1 Å². The molecule has 1 aromatic rings. The standard InChI is InChI=1S/C16H19N/c1-3-6-17-10-15-8-13-5-4-12(2)7-14(13)9-16(15)11-17/h1,4-5,7,15-16H,6,8-11H2,2H3/t15-,16-/m1/s1. The lowest BCUT2D eigenvalue weighted by molar-refractivity contribution is 0.362. The SMILES string of the molecule is C#CCN1C[C@H]2Cc3ccc(C)cc3C[C@@H]2C1. The molecule has 0 saturated carbocycles. The van der Waals surface area contributed by atoms with Gasteiger partial charge in [0.15, 0.2) is 0 Å². The van der Waals surface area contributed by atoms with Gasteiger partial charge in [-0.25, -0.2) is 0 Å². The Hall–Kier alpha value is -1.26. The zero-order chi connectivity index (χ0) is 11.8. The number of likely N-dealkylation sites (tertiary alicyclic amines) is 1. The molecule has 2 atom stereocenters. The molecule has 1 fully saturated rings. The molecule has 1 nitrogen and oxygen atoms in total. The van der Waals surface area contributed by atoms with Crippen LogP contribution in [0.3, 0.4) is 0 Å². The Labute approximate surface area is 104 Å². The van der Waals surface area contributed by atoms with Crippen LogP contribution in [0.1, 0.15) is 16.7 Å². The van der Waals surface area contributed by atoms with Crippen molar-refractivity contribution in [2.45, 2.75) is 19.8 Å². The first-order valence-electron chi connectivity index (χ1n) is 6.50. The molecule has 0 radical (unpaired) electrons. The second kappa shape index (κ2) is 4.20. The highest BCUT2D eigenvalue weighted by atomic mass is 15.1. The Morgan fingerprint density at radius 2 is 1.94 bits per heavy atom. The highest BCUT2D eigenvalue weighted by Crippen LogP contribution is 2.35. The van der Waals surface area contributed by atoms with Crippen LogP contribution in [-0.2, 0) is 12.8 Å². The molecule has 0 aromatic heterocycles. The molecule has 0 N–H and O–H groups in total. The Bertz CT molecular complexity index is 469. The van der Waals surface area contributed by atoms with E-state index in [1.165, 1.54) is 31.5 Å². The molecule has 0 unspecified atom stereocenters. The molecule has 1 aliphatic heterocycles. The molecule has 2 aliphatic rings. The van der Waals surface area contributed by atoms with Crippen molar-refractivity contribution in [2.24, 2.45) is 11.8 Å². The monoisotopic (exact) mass is 225 g/mol. The van der Waals surface area contributed by atoms with Crippen LogP contribution in [0.4, 0.5) is 0 Å². The normalized spacial score (nSPS) is 27.3. The highest BCUT2D eigenvalue weighted by molar-refractivity contribution is 5.34. The fraction of sp³-hybridized carbons (Fsp3) is 0.500. The van der Waals surface area contributed by atoms with E-state index in [1.807, 2.05) is 0 Å². The first kappa shape index (κ1) is 10.9. The predicted molar refractivity (Wildman–Crippen MR) is 70.8 cm³/mol. The highest BCUT2D eigenvalue weighted by Gasteiger charge is 2.35. The van der Waals surface area contributed by atoms with E-state index in [9.17, 15) is 0 Å². The number of nitrogens with zero attached hydrogens (tertiary/aromatic N) is 1. The summed E-state index contributed by atoms with van der Waals surface area (Å²) < 4.78 is 0. The zero-order valence-corrected chi connectivity index (χ0v) is 10.4. The lowest BCUT2D eigenvalue weighted by Crippen LogP contribution is -2.23. The van der Waals surface area contributed by atoms with Crippen molar-refractivity contribution >= 4 is 0 Å². The van der Waals surface area contributed by atoms with Crippen molar-refractivity contribution in [3.63, 3.8) is 0 Å². The van der Waals surface area contributed by atoms with Crippen molar-refractivity contribution in [3.05, 3.63) is 34.9 Å². The molecule has 1 heterocycles. The van der Waals surface area contributed by atoms with E-state index in [-0.39, 0.29) is 0 Å². The van der Waals surface area contributed by atoms with Gasteiger partial charge in [0.25, 0.3) is 0 Å². The van der Waals surface area contributed by atoms with Crippen molar-refractivity contribution in [3.8, 4) is 12.3 Å². The van der Waals surface area contributed by atoms with Crippen LogP contribution in [0.5, 0.6) is 0 Å². The minimum atomic E-state index is 0.822. The van der Waals surface area contributed by atoms with E-state index in [0.29, 0.717) is 0 Å². The minimum absolute atomic E-state index is 0.822. The number of fused-ring (bicyclic) bond motifs is 2. The van der Waals surface area contributed by atoms with E-state index < -0.39 is 0 Å². The van der Waals surface area contributed by atoms with Gasteiger partial charge in [0.1, 0.15) is 0 Å². The van der Waals surface area contributed by atoms with Gasteiger partial charge in [0, 0.05) is 13.1 Å². The van der Waals surface area contributed by atoms with Gasteiger partial charge in [0.05, 0.1) is 6.54 Å². The number of hydrogen-bond acceptors (Lipinski definition) is 1. The van der Waals surface area contributed by atoms with Crippen LogP contribution in [0.2, 0.25) is 0 Å². The van der Waals surface area contributed by atoms with Crippen molar-refractivity contribution in [1.29, 1.82) is 0 Å². The average Bonchev–Trinajstić information content (AvgIpc) is 2.67. The second-order valence-corrected chi connectivity index (χ2v) is 5.60. The van der Waals surface area contributed by atoms with Gasteiger partial charge in [0.2, 0.25) is 0 Å². The maximum absolute atomic E-state index is 5.41. The Morgan fingerprint density at radius 1 is 1.24 bits per heavy atom. The third-order valence-electron chi connectivity index (χ3n) is 4.29. The van der Waals surface area contributed by atoms with E-state index >= 15 is 0 Å². The van der Waals surface area contributed by atoms with Crippen LogP contribution in [-0.4, -0.2) is 24.5 Å². The summed E-state index contributed by atoms with van der Waals surface area (Å²) in [5.74, 6) is 4.44. The van der Waals surface area contributed by atoms with Gasteiger partial charge in [-0.2, -0.15) is 0 Å². The number of benzene rings is 1. The fourth-order valence-electron chi connectivity index (χ4n) is 3.47. The van der Waals surface area contributed by atoms with E-state index in [0.717, 1.165) is 18.4 Å². The fourth-order valence-corrected chi connectivity index (χ4v) is 3.47. The predicted octanol–water partition coefficient (Wildman–Crippen LogP) is 2.27. The summed E-state index contributed by atoms with van der Waals surface area (Å²) >= 11 is 0. The van der Waals surface area contributed by atoms with Crippen LogP contribution in [0.25, 0.3) is 0 Å². The Kier molecular flexibility index (Phi) is 2.68. The lowest BCUT2D eigenvalue weighted by atomic mass is 9.77. The van der Waals surface area contributed by atoms with Crippen LogP contribution < -0.4 is 0 Å². The van der Waals surface area contributed by atoms with Crippen LogP contribution in [0.15, 0.2) is 18.2 Å². The van der Waals surface area contributed by atoms with Gasteiger partial charge < -0.3 is 0 Å². The van der Waals surface area contributed by atoms with Gasteiger partial charge in [-0.3, -0.25) is 4.90 Å². The van der Waals surface area contributed by atoms with E-state index in [2.05, 4.69) is 35.9 Å². The molecule has 1 aliphatic carbocycles. The van der Waals surface area contributed by atoms with Crippen molar-refractivity contribution in [2.75, 3.05) is 19.6 Å². The summed E-state index contributed by atoms with van der Waals surface area (Å²) in [6.45, 7) is 5.40. The topological polar surface area (TPSA) is 3.24 Å². The van der Waals surface area contributed by atoms with Gasteiger partial charge in [-0.15, -0.1) is 6.42 Å². The lowest BCUT2D eigenvalue weighted by Gasteiger charge is -2.27. The molecule has 0 spiro atoms. The van der Waals surface area contributed by atoms with Crippen molar-refractivity contribution in [1.82, 2.24) is 4.90 Å². The van der Waals surface area contributed by atoms with Gasteiger partial charge >= 0.3 is 0 Å². The van der Waals surface area contributed by atoms with E-state index in [4.69, 9.17) is 6.42 Å². The van der Waals surface area contributed by atoms with Gasteiger partial charge in [-0.1, -0.05) is 29.7 Å². The van der Waals surface area contributed by atoms with E-state index in [1.54, 1.807) is 11.1 Å². The third kappa shape index (κ3) is 1.98. The molecule has 17 heavy (non-hydrogen) atoms. The second-order valence-electron chi connectivity index (χ2n) is 5.60. The maximum atomic E-state index is 5.41. The summed E-state index contributed by atoms with van der Waals surface area (Å²) in [7, 11) is 0. The molecule has 1 aromatic carbocycles.